The standard InChI is InChI=1S/C18H23NO4/c1-18(2,3)23-16(20)15-10-7-11-19(12-15)17(21)22-13-14-8-5-4-6-9-14/h4-6,8-10H,7,11-13H2,1-3H3. The van der Waals surface area contributed by atoms with Crippen LogP contribution in [0.5, 0.6) is 0 Å². The first-order chi connectivity index (χ1) is 10.8. The van der Waals surface area contributed by atoms with E-state index in [1.165, 1.54) is 4.90 Å². The molecule has 23 heavy (non-hydrogen) atoms. The smallest absolute Gasteiger partial charge is 0.410 e. The Morgan fingerprint density at radius 2 is 1.87 bits per heavy atom. The van der Waals surface area contributed by atoms with Gasteiger partial charge in [0, 0.05) is 6.54 Å². The lowest BCUT2D eigenvalue weighted by Crippen LogP contribution is -2.39. The fourth-order valence-electron chi connectivity index (χ4n) is 2.20. The summed E-state index contributed by atoms with van der Waals surface area (Å²) >= 11 is 0. The average molecular weight is 317 g/mol. The van der Waals surface area contributed by atoms with Crippen molar-refractivity contribution in [2.24, 2.45) is 0 Å². The van der Waals surface area contributed by atoms with Crippen LogP contribution in [-0.4, -0.2) is 35.7 Å². The Hall–Kier alpha value is -2.30. The molecule has 1 aliphatic heterocycles. The van der Waals surface area contributed by atoms with Gasteiger partial charge in [-0.3, -0.25) is 0 Å². The van der Waals surface area contributed by atoms with Gasteiger partial charge in [-0.1, -0.05) is 36.4 Å². The van der Waals surface area contributed by atoms with Gasteiger partial charge in [-0.25, -0.2) is 9.59 Å². The zero-order valence-corrected chi connectivity index (χ0v) is 13.9. The lowest BCUT2D eigenvalue weighted by atomic mass is 10.1. The van der Waals surface area contributed by atoms with Crippen molar-refractivity contribution in [3.63, 3.8) is 0 Å². The predicted octanol–water partition coefficient (Wildman–Crippen LogP) is 3.30. The molecule has 0 aliphatic carbocycles. The first kappa shape index (κ1) is 17.1. The second-order valence-corrected chi connectivity index (χ2v) is 6.48. The lowest BCUT2D eigenvalue weighted by molar-refractivity contribution is -0.150. The number of rotatable bonds is 3. The monoisotopic (exact) mass is 317 g/mol. The highest BCUT2D eigenvalue weighted by atomic mass is 16.6. The molecular weight excluding hydrogens is 294 g/mol. The Labute approximate surface area is 136 Å². The van der Waals surface area contributed by atoms with Crippen molar-refractivity contribution in [2.45, 2.75) is 39.4 Å². The molecule has 5 nitrogen and oxygen atoms in total. The van der Waals surface area contributed by atoms with E-state index in [2.05, 4.69) is 0 Å². The third kappa shape index (κ3) is 5.43. The lowest BCUT2D eigenvalue weighted by Gasteiger charge is -2.27. The van der Waals surface area contributed by atoms with Crippen LogP contribution in [0.3, 0.4) is 0 Å². The van der Waals surface area contributed by atoms with Gasteiger partial charge in [-0.15, -0.1) is 0 Å². The molecule has 1 aromatic carbocycles. The number of carbonyl (C=O) groups is 2. The number of carbonyl (C=O) groups excluding carboxylic acids is 2. The molecule has 124 valence electrons. The largest absolute Gasteiger partial charge is 0.457 e. The zero-order chi connectivity index (χ0) is 16.9. The van der Waals surface area contributed by atoms with Crippen molar-refractivity contribution in [1.29, 1.82) is 0 Å². The Morgan fingerprint density at radius 3 is 2.52 bits per heavy atom. The topological polar surface area (TPSA) is 55.8 Å². The van der Waals surface area contributed by atoms with E-state index in [0.717, 1.165) is 5.56 Å². The summed E-state index contributed by atoms with van der Waals surface area (Å²) in [5, 5.41) is 0. The SMILES string of the molecule is CC(C)(C)OC(=O)C1=CCCN(C(=O)OCc2ccccc2)C1. The zero-order valence-electron chi connectivity index (χ0n) is 13.9. The third-order valence-electron chi connectivity index (χ3n) is 3.28. The Balaban J connectivity index is 1.88. The molecule has 0 radical (unpaired) electrons. The minimum absolute atomic E-state index is 0.224. The molecule has 0 bridgehead atoms. The van der Waals surface area contributed by atoms with E-state index in [1.807, 2.05) is 57.2 Å². The van der Waals surface area contributed by atoms with Gasteiger partial charge in [-0.2, -0.15) is 0 Å². The second kappa shape index (κ2) is 7.31. The molecule has 0 saturated carbocycles. The van der Waals surface area contributed by atoms with Gasteiger partial charge in [0.15, 0.2) is 0 Å². The van der Waals surface area contributed by atoms with Crippen LogP contribution >= 0.6 is 0 Å². The van der Waals surface area contributed by atoms with Gasteiger partial charge >= 0.3 is 12.1 Å². The van der Waals surface area contributed by atoms with Crippen molar-refractivity contribution < 1.29 is 19.1 Å². The fourth-order valence-corrected chi connectivity index (χ4v) is 2.20. The van der Waals surface area contributed by atoms with E-state index in [4.69, 9.17) is 9.47 Å². The van der Waals surface area contributed by atoms with Gasteiger partial charge in [0.05, 0.1) is 12.1 Å². The normalized spacial score (nSPS) is 14.9. The van der Waals surface area contributed by atoms with Crippen molar-refractivity contribution in [3.8, 4) is 0 Å². The van der Waals surface area contributed by atoms with Crippen LogP contribution in [0.2, 0.25) is 0 Å². The molecule has 0 fully saturated rings. The highest BCUT2D eigenvalue weighted by molar-refractivity contribution is 5.90. The molecule has 2 rings (SSSR count). The van der Waals surface area contributed by atoms with Crippen LogP contribution in [0.15, 0.2) is 42.0 Å². The molecule has 0 aromatic heterocycles. The number of esters is 1. The average Bonchev–Trinajstić information content (AvgIpc) is 2.52. The summed E-state index contributed by atoms with van der Waals surface area (Å²) in [5.74, 6) is -0.377. The maximum Gasteiger partial charge on any atom is 0.410 e. The minimum Gasteiger partial charge on any atom is -0.457 e. The maximum atomic E-state index is 12.1. The molecular formula is C18H23NO4. The van der Waals surface area contributed by atoms with Gasteiger partial charge in [0.1, 0.15) is 12.2 Å². The van der Waals surface area contributed by atoms with E-state index in [1.54, 1.807) is 0 Å². The number of ether oxygens (including phenoxy) is 2. The number of nitrogens with zero attached hydrogens (tertiary/aromatic N) is 1. The fraction of sp³-hybridized carbons (Fsp3) is 0.444. The summed E-state index contributed by atoms with van der Waals surface area (Å²) in [7, 11) is 0. The van der Waals surface area contributed by atoms with Gasteiger partial charge < -0.3 is 14.4 Å². The maximum absolute atomic E-state index is 12.1. The molecule has 0 spiro atoms. The van der Waals surface area contributed by atoms with Crippen molar-refractivity contribution in [1.82, 2.24) is 4.90 Å². The van der Waals surface area contributed by atoms with E-state index >= 15 is 0 Å². The van der Waals surface area contributed by atoms with Crippen molar-refractivity contribution in [2.75, 3.05) is 13.1 Å². The van der Waals surface area contributed by atoms with Crippen LogP contribution in [0.4, 0.5) is 4.79 Å². The molecule has 0 unspecified atom stereocenters. The van der Waals surface area contributed by atoms with E-state index in [9.17, 15) is 9.59 Å². The van der Waals surface area contributed by atoms with Gasteiger partial charge in [0.2, 0.25) is 0 Å². The summed E-state index contributed by atoms with van der Waals surface area (Å²) < 4.78 is 10.7. The summed E-state index contributed by atoms with van der Waals surface area (Å²) in [4.78, 5) is 25.8. The van der Waals surface area contributed by atoms with Crippen LogP contribution in [0, 0.1) is 0 Å². The number of hydrogen-bond donors (Lipinski definition) is 0. The molecule has 1 amide bonds. The van der Waals surface area contributed by atoms with Gasteiger partial charge in [0.25, 0.3) is 0 Å². The first-order valence-corrected chi connectivity index (χ1v) is 7.73. The molecule has 5 heteroatoms. The minimum atomic E-state index is -0.548. The number of amides is 1. The number of hydrogen-bond acceptors (Lipinski definition) is 4. The van der Waals surface area contributed by atoms with Crippen molar-refractivity contribution >= 4 is 12.1 Å². The third-order valence-corrected chi connectivity index (χ3v) is 3.28. The quantitative estimate of drug-likeness (QED) is 0.803. The van der Waals surface area contributed by atoms with Gasteiger partial charge in [-0.05, 0) is 32.8 Å². The molecule has 1 heterocycles. The Kier molecular flexibility index (Phi) is 5.42. The van der Waals surface area contributed by atoms with E-state index in [0.29, 0.717) is 18.5 Å². The predicted molar refractivity (Wildman–Crippen MR) is 86.7 cm³/mol. The number of benzene rings is 1. The van der Waals surface area contributed by atoms with Crippen molar-refractivity contribution in [3.05, 3.63) is 47.5 Å². The highest BCUT2D eigenvalue weighted by Gasteiger charge is 2.26. The van der Waals surface area contributed by atoms with Crippen LogP contribution < -0.4 is 0 Å². The molecule has 0 atom stereocenters. The second-order valence-electron chi connectivity index (χ2n) is 6.48. The summed E-state index contributed by atoms with van der Waals surface area (Å²) in [6.45, 7) is 6.45. The van der Waals surface area contributed by atoms with Crippen LogP contribution in [0.25, 0.3) is 0 Å². The van der Waals surface area contributed by atoms with E-state index < -0.39 is 11.7 Å². The van der Waals surface area contributed by atoms with Crippen LogP contribution in [0.1, 0.15) is 32.8 Å². The molecule has 1 aromatic rings. The Bertz CT molecular complexity index is 587. The molecule has 0 N–H and O–H groups in total. The first-order valence-electron chi connectivity index (χ1n) is 7.73. The summed E-state index contributed by atoms with van der Waals surface area (Å²) in [5.41, 5.74) is 0.886. The molecule has 1 aliphatic rings. The molecule has 0 saturated heterocycles. The summed E-state index contributed by atoms with van der Waals surface area (Å²) in [6.07, 6.45) is 2.03. The Morgan fingerprint density at radius 1 is 1.17 bits per heavy atom. The van der Waals surface area contributed by atoms with E-state index in [-0.39, 0.29) is 19.1 Å². The summed E-state index contributed by atoms with van der Waals surface area (Å²) in [6, 6.07) is 9.50. The van der Waals surface area contributed by atoms with Crippen LogP contribution in [-0.2, 0) is 20.9 Å². The highest BCUT2D eigenvalue weighted by Crippen LogP contribution is 2.17.